The van der Waals surface area contributed by atoms with E-state index in [-0.39, 0.29) is 5.92 Å². The molecule has 2 aliphatic carbocycles. The van der Waals surface area contributed by atoms with Crippen LogP contribution in [0.2, 0.25) is 0 Å². The molecule has 4 aliphatic rings. The first kappa shape index (κ1) is 28.6. The van der Waals surface area contributed by atoms with Gasteiger partial charge in [-0.3, -0.25) is 19.1 Å². The quantitative estimate of drug-likeness (QED) is 0.461. The van der Waals surface area contributed by atoms with Crippen LogP contribution < -0.4 is 15.4 Å². The Morgan fingerprint density at radius 1 is 1.05 bits per heavy atom. The lowest BCUT2D eigenvalue weighted by atomic mass is 10.1. The molecule has 0 bridgehead atoms. The van der Waals surface area contributed by atoms with Crippen molar-refractivity contribution >= 4 is 33.8 Å². The van der Waals surface area contributed by atoms with Crippen molar-refractivity contribution in [2.24, 2.45) is 5.92 Å². The molecule has 4 unspecified atom stereocenters. The summed E-state index contributed by atoms with van der Waals surface area (Å²) in [7, 11) is -3.78. The Balaban J connectivity index is 1.52. The number of carbonyl (C=O) groups excluding carboxylic acids is 4. The number of hydrogen-bond acceptors (Lipinski definition) is 8. The molecule has 0 radical (unpaired) electrons. The van der Waals surface area contributed by atoms with E-state index in [0.29, 0.717) is 77.5 Å². The SMILES string of the molecule is CC(C)(C)OC(=O)NC1CCCOCCCC2CC2(C(=O)NS(=O)(=O)C2CC2)NC(=O)C2CCCN2C1=O. The van der Waals surface area contributed by atoms with Crippen molar-refractivity contribution in [1.82, 2.24) is 20.3 Å². The zero-order valence-electron chi connectivity index (χ0n) is 22.4. The van der Waals surface area contributed by atoms with Crippen LogP contribution in [0, 0.1) is 5.92 Å². The Hall–Kier alpha value is -2.41. The zero-order valence-corrected chi connectivity index (χ0v) is 23.2. The monoisotopic (exact) mass is 556 g/mol. The molecule has 13 heteroatoms. The maximum atomic E-state index is 13.6. The molecule has 2 aliphatic heterocycles. The smallest absolute Gasteiger partial charge is 0.408 e. The average Bonchev–Trinajstić information content (AvgIpc) is 3.72. The molecule has 3 N–H and O–H groups in total. The van der Waals surface area contributed by atoms with E-state index in [2.05, 4.69) is 15.4 Å². The predicted octanol–water partition coefficient (Wildman–Crippen LogP) is 0.945. The van der Waals surface area contributed by atoms with Crippen molar-refractivity contribution < 1.29 is 37.1 Å². The van der Waals surface area contributed by atoms with E-state index in [4.69, 9.17) is 9.47 Å². The minimum atomic E-state index is -3.78. The molecular weight excluding hydrogens is 516 g/mol. The molecule has 0 aromatic rings. The van der Waals surface area contributed by atoms with Crippen molar-refractivity contribution in [3.63, 3.8) is 0 Å². The van der Waals surface area contributed by atoms with Gasteiger partial charge in [0, 0.05) is 19.8 Å². The highest BCUT2D eigenvalue weighted by Crippen LogP contribution is 2.47. The van der Waals surface area contributed by atoms with Gasteiger partial charge in [-0.05, 0) is 84.5 Å². The van der Waals surface area contributed by atoms with Gasteiger partial charge in [0.15, 0.2) is 0 Å². The zero-order chi connectivity index (χ0) is 27.7. The molecule has 12 nitrogen and oxygen atoms in total. The van der Waals surface area contributed by atoms with E-state index >= 15 is 0 Å². The fraction of sp³-hybridized carbons (Fsp3) is 0.840. The molecule has 4 rings (SSSR count). The van der Waals surface area contributed by atoms with E-state index in [1.807, 2.05) is 0 Å². The fourth-order valence-electron chi connectivity index (χ4n) is 5.29. The number of ether oxygens (including phenoxy) is 2. The van der Waals surface area contributed by atoms with Crippen LogP contribution in [0.3, 0.4) is 0 Å². The molecular formula is C25H40N4O8S. The van der Waals surface area contributed by atoms with E-state index in [1.165, 1.54) is 4.90 Å². The minimum Gasteiger partial charge on any atom is -0.444 e. The van der Waals surface area contributed by atoms with Gasteiger partial charge in [-0.25, -0.2) is 13.2 Å². The second kappa shape index (κ2) is 11.0. The largest absolute Gasteiger partial charge is 0.444 e. The third-order valence-corrected chi connectivity index (χ3v) is 9.32. The number of nitrogens with one attached hydrogen (secondary N) is 3. The maximum Gasteiger partial charge on any atom is 0.408 e. The lowest BCUT2D eigenvalue weighted by molar-refractivity contribution is -0.141. The van der Waals surface area contributed by atoms with Gasteiger partial charge >= 0.3 is 6.09 Å². The summed E-state index contributed by atoms with van der Waals surface area (Å²) in [6.07, 6.45) is 3.69. The number of nitrogens with zero attached hydrogens (tertiary/aromatic N) is 1. The first-order valence-electron chi connectivity index (χ1n) is 13.6. The normalized spacial score (nSPS) is 31.1. The Morgan fingerprint density at radius 2 is 1.74 bits per heavy atom. The molecule has 0 aromatic heterocycles. The molecule has 0 aromatic carbocycles. The number of carbonyl (C=O) groups is 4. The van der Waals surface area contributed by atoms with Crippen molar-refractivity contribution in [2.45, 2.75) is 107 Å². The minimum absolute atomic E-state index is 0.221. The average molecular weight is 557 g/mol. The van der Waals surface area contributed by atoms with Gasteiger partial charge in [0.1, 0.15) is 23.2 Å². The summed E-state index contributed by atoms with van der Waals surface area (Å²) in [4.78, 5) is 54.2. The summed E-state index contributed by atoms with van der Waals surface area (Å²) in [6.45, 7) is 6.33. The van der Waals surface area contributed by atoms with E-state index in [9.17, 15) is 27.6 Å². The summed E-state index contributed by atoms with van der Waals surface area (Å²) >= 11 is 0. The molecule has 4 fully saturated rings. The van der Waals surface area contributed by atoms with Gasteiger partial charge in [0.2, 0.25) is 21.8 Å². The highest BCUT2D eigenvalue weighted by Gasteiger charge is 2.62. The number of sulfonamides is 1. The van der Waals surface area contributed by atoms with Gasteiger partial charge in [-0.15, -0.1) is 0 Å². The van der Waals surface area contributed by atoms with E-state index in [1.54, 1.807) is 20.8 Å². The van der Waals surface area contributed by atoms with Crippen LogP contribution in [0.4, 0.5) is 4.79 Å². The summed E-state index contributed by atoms with van der Waals surface area (Å²) in [5.74, 6) is -1.82. The Morgan fingerprint density at radius 3 is 2.39 bits per heavy atom. The summed E-state index contributed by atoms with van der Waals surface area (Å²) in [5.41, 5.74) is -2.07. The van der Waals surface area contributed by atoms with Crippen LogP contribution in [0.1, 0.15) is 78.6 Å². The van der Waals surface area contributed by atoms with Crippen molar-refractivity contribution in [3.8, 4) is 0 Å². The lowest BCUT2D eigenvalue weighted by Crippen LogP contribution is -2.58. The van der Waals surface area contributed by atoms with Crippen LogP contribution in [0.25, 0.3) is 0 Å². The van der Waals surface area contributed by atoms with E-state index < -0.39 is 62.3 Å². The molecule has 38 heavy (non-hydrogen) atoms. The predicted molar refractivity (Wildman–Crippen MR) is 136 cm³/mol. The third-order valence-electron chi connectivity index (χ3n) is 7.51. The lowest BCUT2D eigenvalue weighted by Gasteiger charge is -2.30. The maximum absolute atomic E-state index is 13.6. The summed E-state index contributed by atoms with van der Waals surface area (Å²) in [6, 6.07) is -1.72. The van der Waals surface area contributed by atoms with Gasteiger partial charge in [0.25, 0.3) is 5.91 Å². The van der Waals surface area contributed by atoms with Crippen molar-refractivity contribution in [3.05, 3.63) is 0 Å². The Bertz CT molecular complexity index is 1050. The number of hydrogen-bond donors (Lipinski definition) is 3. The molecule has 2 saturated heterocycles. The highest BCUT2D eigenvalue weighted by atomic mass is 32.2. The van der Waals surface area contributed by atoms with Crippen molar-refractivity contribution in [2.75, 3.05) is 19.8 Å². The van der Waals surface area contributed by atoms with E-state index in [0.717, 1.165) is 0 Å². The summed E-state index contributed by atoms with van der Waals surface area (Å²) < 4.78 is 38.2. The first-order chi connectivity index (χ1) is 17.8. The van der Waals surface area contributed by atoms with Crippen LogP contribution >= 0.6 is 0 Å². The Kier molecular flexibility index (Phi) is 8.27. The van der Waals surface area contributed by atoms with Gasteiger partial charge in [-0.2, -0.15) is 0 Å². The van der Waals surface area contributed by atoms with Gasteiger partial charge in [-0.1, -0.05) is 0 Å². The standard InChI is InChI=1S/C25H40N4O8S/c1-24(2,3)37-23(33)26-18-8-6-14-36-13-5-7-16-15-25(16,22(32)28-38(34,35)17-10-11-17)27-20(30)19-9-4-12-29(19)21(18)31/h16-19H,4-15H2,1-3H3,(H,26,33)(H,27,30)(H,28,32). The first-order valence-corrected chi connectivity index (χ1v) is 15.1. The van der Waals surface area contributed by atoms with Crippen LogP contribution in [-0.4, -0.2) is 85.4 Å². The third kappa shape index (κ3) is 6.77. The second-order valence-corrected chi connectivity index (χ2v) is 13.8. The number of alkyl carbamates (subject to hydrolysis) is 1. The Labute approximate surface area is 224 Å². The topological polar surface area (TPSA) is 160 Å². The van der Waals surface area contributed by atoms with Crippen LogP contribution in [0.15, 0.2) is 0 Å². The number of fused-ring (bicyclic) bond motifs is 2. The van der Waals surface area contributed by atoms with Crippen molar-refractivity contribution in [1.29, 1.82) is 0 Å². The second-order valence-electron chi connectivity index (χ2n) is 11.8. The highest BCUT2D eigenvalue weighted by molar-refractivity contribution is 7.91. The molecule has 4 amide bonds. The van der Waals surface area contributed by atoms with Gasteiger partial charge in [0.05, 0.1) is 5.25 Å². The number of amides is 4. The molecule has 2 heterocycles. The molecule has 214 valence electrons. The van der Waals surface area contributed by atoms with Crippen LogP contribution in [0.5, 0.6) is 0 Å². The molecule has 2 saturated carbocycles. The fourth-order valence-corrected chi connectivity index (χ4v) is 6.65. The molecule has 0 spiro atoms. The van der Waals surface area contributed by atoms with Crippen LogP contribution in [-0.2, 0) is 33.9 Å². The molecule has 4 atom stereocenters. The number of rotatable bonds is 4. The van der Waals surface area contributed by atoms with Gasteiger partial charge < -0.3 is 25.0 Å². The summed E-state index contributed by atoms with van der Waals surface area (Å²) in [5, 5.41) is 4.93.